The van der Waals surface area contributed by atoms with Gasteiger partial charge in [-0.3, -0.25) is 10.1 Å². The molecule has 0 aliphatic heterocycles. The fourth-order valence-electron chi connectivity index (χ4n) is 1.64. The van der Waals surface area contributed by atoms with Crippen LogP contribution in [0.4, 0.5) is 5.69 Å². The first-order chi connectivity index (χ1) is 8.56. The van der Waals surface area contributed by atoms with E-state index in [0.717, 1.165) is 14.9 Å². The predicted molar refractivity (Wildman–Crippen MR) is 75.7 cm³/mol. The Morgan fingerprint density at radius 2 is 2.06 bits per heavy atom. The standard InChI is InChI=1S/C12H11BrN2O2S/c13-12-6-9(7-18-12)11(14)5-8-1-3-10(4-2-8)15(16)17/h1-4,6-7,11H,5,14H2. The smallest absolute Gasteiger partial charge is 0.269 e. The zero-order valence-corrected chi connectivity index (χ0v) is 11.8. The Morgan fingerprint density at radius 1 is 1.39 bits per heavy atom. The molecule has 1 aromatic heterocycles. The normalized spacial score (nSPS) is 12.3. The van der Waals surface area contributed by atoms with E-state index in [9.17, 15) is 10.1 Å². The maximum Gasteiger partial charge on any atom is 0.269 e. The minimum Gasteiger partial charge on any atom is -0.324 e. The number of thiophene rings is 1. The van der Waals surface area contributed by atoms with Crippen molar-refractivity contribution in [2.45, 2.75) is 12.5 Å². The van der Waals surface area contributed by atoms with E-state index in [0.29, 0.717) is 6.42 Å². The molecule has 0 bridgehead atoms. The second kappa shape index (κ2) is 5.60. The summed E-state index contributed by atoms with van der Waals surface area (Å²) in [5.74, 6) is 0. The molecule has 0 spiro atoms. The SMILES string of the molecule is NC(Cc1ccc([N+](=O)[O-])cc1)c1csc(Br)c1. The summed E-state index contributed by atoms with van der Waals surface area (Å²) in [5.41, 5.74) is 8.26. The van der Waals surface area contributed by atoms with Crippen LogP contribution in [0.2, 0.25) is 0 Å². The summed E-state index contributed by atoms with van der Waals surface area (Å²) in [5, 5.41) is 12.5. The van der Waals surface area contributed by atoms with Crippen molar-refractivity contribution in [1.29, 1.82) is 0 Å². The molecule has 1 aromatic carbocycles. The van der Waals surface area contributed by atoms with Gasteiger partial charge in [-0.1, -0.05) is 12.1 Å². The van der Waals surface area contributed by atoms with Crippen molar-refractivity contribution >= 4 is 33.0 Å². The Morgan fingerprint density at radius 3 is 2.56 bits per heavy atom. The fourth-order valence-corrected chi connectivity index (χ4v) is 2.88. The second-order valence-corrected chi connectivity index (χ2v) is 6.21. The molecule has 0 aliphatic rings. The molecule has 0 fully saturated rings. The van der Waals surface area contributed by atoms with Crippen LogP contribution in [0.15, 0.2) is 39.5 Å². The molecule has 6 heteroatoms. The average Bonchev–Trinajstić information content (AvgIpc) is 2.76. The average molecular weight is 327 g/mol. The van der Waals surface area contributed by atoms with E-state index in [1.165, 1.54) is 12.1 Å². The molecule has 0 saturated carbocycles. The van der Waals surface area contributed by atoms with Gasteiger partial charge in [-0.2, -0.15) is 0 Å². The lowest BCUT2D eigenvalue weighted by molar-refractivity contribution is -0.384. The van der Waals surface area contributed by atoms with E-state index < -0.39 is 4.92 Å². The molecule has 2 N–H and O–H groups in total. The van der Waals surface area contributed by atoms with Gasteiger partial charge >= 0.3 is 0 Å². The lowest BCUT2D eigenvalue weighted by Crippen LogP contribution is -2.12. The second-order valence-electron chi connectivity index (χ2n) is 3.92. The number of halogens is 1. The predicted octanol–water partition coefficient (Wildman–Crippen LogP) is 3.66. The molecule has 94 valence electrons. The van der Waals surface area contributed by atoms with Gasteiger partial charge in [-0.05, 0) is 44.9 Å². The highest BCUT2D eigenvalue weighted by atomic mass is 79.9. The maximum atomic E-state index is 10.5. The maximum absolute atomic E-state index is 10.5. The first-order valence-corrected chi connectivity index (χ1v) is 6.96. The van der Waals surface area contributed by atoms with Crippen LogP contribution in [0, 0.1) is 10.1 Å². The van der Waals surface area contributed by atoms with Gasteiger partial charge in [0.1, 0.15) is 0 Å². The van der Waals surface area contributed by atoms with E-state index in [2.05, 4.69) is 15.9 Å². The van der Waals surface area contributed by atoms with Crippen molar-refractivity contribution in [2.24, 2.45) is 5.73 Å². The zero-order valence-electron chi connectivity index (χ0n) is 9.38. The first-order valence-electron chi connectivity index (χ1n) is 5.29. The fraction of sp³-hybridized carbons (Fsp3) is 0.167. The number of nitrogens with two attached hydrogens (primary N) is 1. The van der Waals surface area contributed by atoms with E-state index >= 15 is 0 Å². The first kappa shape index (κ1) is 13.2. The van der Waals surface area contributed by atoms with Crippen LogP contribution in [-0.2, 0) is 6.42 Å². The van der Waals surface area contributed by atoms with Crippen molar-refractivity contribution in [3.8, 4) is 0 Å². The molecule has 0 saturated heterocycles. The number of nitrogens with zero attached hydrogens (tertiary/aromatic N) is 1. The molecule has 1 heterocycles. The molecule has 2 rings (SSSR count). The summed E-state index contributed by atoms with van der Waals surface area (Å²) >= 11 is 5.00. The van der Waals surface area contributed by atoms with Crippen LogP contribution in [0.25, 0.3) is 0 Å². The lowest BCUT2D eigenvalue weighted by Gasteiger charge is -2.09. The highest BCUT2D eigenvalue weighted by molar-refractivity contribution is 9.11. The molecule has 0 aliphatic carbocycles. The molecule has 2 aromatic rings. The van der Waals surface area contributed by atoms with E-state index in [4.69, 9.17) is 5.73 Å². The van der Waals surface area contributed by atoms with Gasteiger partial charge in [0.2, 0.25) is 0 Å². The molecule has 18 heavy (non-hydrogen) atoms. The molecular weight excluding hydrogens is 316 g/mol. The third-order valence-corrected chi connectivity index (χ3v) is 4.14. The Balaban J connectivity index is 2.07. The van der Waals surface area contributed by atoms with Gasteiger partial charge in [-0.25, -0.2) is 0 Å². The van der Waals surface area contributed by atoms with Crippen LogP contribution < -0.4 is 5.73 Å². The summed E-state index contributed by atoms with van der Waals surface area (Å²) in [6.45, 7) is 0. The van der Waals surface area contributed by atoms with Crippen LogP contribution in [-0.4, -0.2) is 4.92 Å². The molecule has 4 nitrogen and oxygen atoms in total. The van der Waals surface area contributed by atoms with Gasteiger partial charge < -0.3 is 5.73 Å². The number of hydrogen-bond donors (Lipinski definition) is 1. The van der Waals surface area contributed by atoms with Crippen LogP contribution >= 0.6 is 27.3 Å². The van der Waals surface area contributed by atoms with Gasteiger partial charge in [0.25, 0.3) is 5.69 Å². The number of nitro groups is 1. The third-order valence-electron chi connectivity index (χ3n) is 2.62. The van der Waals surface area contributed by atoms with E-state index in [1.807, 2.05) is 11.4 Å². The summed E-state index contributed by atoms with van der Waals surface area (Å²) in [7, 11) is 0. The summed E-state index contributed by atoms with van der Waals surface area (Å²) in [6.07, 6.45) is 0.668. The van der Waals surface area contributed by atoms with Crippen molar-refractivity contribution in [1.82, 2.24) is 0 Å². The van der Waals surface area contributed by atoms with Crippen molar-refractivity contribution in [3.05, 3.63) is 60.7 Å². The highest BCUT2D eigenvalue weighted by Gasteiger charge is 2.10. The Bertz CT molecular complexity index is 553. The summed E-state index contributed by atoms with van der Waals surface area (Å²) < 4.78 is 1.05. The van der Waals surface area contributed by atoms with Crippen molar-refractivity contribution in [2.75, 3.05) is 0 Å². The molecule has 1 unspecified atom stereocenters. The van der Waals surface area contributed by atoms with Crippen LogP contribution in [0.3, 0.4) is 0 Å². The summed E-state index contributed by atoms with van der Waals surface area (Å²) in [4.78, 5) is 10.1. The van der Waals surface area contributed by atoms with Gasteiger partial charge in [-0.15, -0.1) is 11.3 Å². The number of non-ortho nitro benzene ring substituents is 1. The zero-order chi connectivity index (χ0) is 13.1. The largest absolute Gasteiger partial charge is 0.324 e. The van der Waals surface area contributed by atoms with Crippen molar-refractivity contribution in [3.63, 3.8) is 0 Å². The lowest BCUT2D eigenvalue weighted by atomic mass is 10.0. The van der Waals surface area contributed by atoms with Crippen LogP contribution in [0.1, 0.15) is 17.2 Å². The number of benzene rings is 1. The Kier molecular flexibility index (Phi) is 4.11. The third kappa shape index (κ3) is 3.16. The highest BCUT2D eigenvalue weighted by Crippen LogP contribution is 2.26. The molecular formula is C12H11BrN2O2S. The topological polar surface area (TPSA) is 69.2 Å². The van der Waals surface area contributed by atoms with Crippen LogP contribution in [0.5, 0.6) is 0 Å². The minimum atomic E-state index is -0.403. The van der Waals surface area contributed by atoms with Gasteiger partial charge in [0.05, 0.1) is 8.71 Å². The van der Waals surface area contributed by atoms with E-state index in [1.54, 1.807) is 23.5 Å². The number of hydrogen-bond acceptors (Lipinski definition) is 4. The monoisotopic (exact) mass is 326 g/mol. The number of nitro benzene ring substituents is 1. The van der Waals surface area contributed by atoms with Gasteiger partial charge in [0, 0.05) is 18.2 Å². The van der Waals surface area contributed by atoms with E-state index in [-0.39, 0.29) is 11.7 Å². The molecule has 0 radical (unpaired) electrons. The van der Waals surface area contributed by atoms with Gasteiger partial charge in [0.15, 0.2) is 0 Å². The Hall–Kier alpha value is -1.24. The quantitative estimate of drug-likeness (QED) is 0.688. The minimum absolute atomic E-state index is 0.0889. The molecule has 0 amide bonds. The Labute approximate surface area is 117 Å². The molecule has 1 atom stereocenters. The van der Waals surface area contributed by atoms with Crippen molar-refractivity contribution < 1.29 is 4.92 Å². The number of rotatable bonds is 4. The summed E-state index contributed by atoms with van der Waals surface area (Å²) in [6, 6.07) is 8.42.